The second-order valence-corrected chi connectivity index (χ2v) is 5.85. The van der Waals surface area contributed by atoms with Crippen LogP contribution in [0.5, 0.6) is 0 Å². The minimum atomic E-state index is 0.0738. The molecule has 24 heavy (non-hydrogen) atoms. The zero-order valence-electron chi connectivity index (χ0n) is 13.5. The largest absolute Gasteiger partial charge is 0.369 e. The van der Waals surface area contributed by atoms with Gasteiger partial charge in [-0.1, -0.05) is 11.3 Å². The predicted molar refractivity (Wildman–Crippen MR) is 86.7 cm³/mol. The number of nitrogens with zero attached hydrogens (tertiary/aromatic N) is 6. The molecule has 3 aromatic heterocycles. The summed E-state index contributed by atoms with van der Waals surface area (Å²) in [5.41, 5.74) is 3.84. The first kappa shape index (κ1) is 15.0. The summed E-state index contributed by atoms with van der Waals surface area (Å²) in [6.07, 6.45) is 5.61. The lowest BCUT2D eigenvalue weighted by Gasteiger charge is -2.24. The van der Waals surface area contributed by atoms with Gasteiger partial charge in [0.25, 0.3) is 0 Å². The van der Waals surface area contributed by atoms with E-state index in [4.69, 9.17) is 4.74 Å². The summed E-state index contributed by atoms with van der Waals surface area (Å²) in [5.74, 6) is 0. The molecular weight excluding hydrogens is 306 g/mol. The number of fused-ring (bicyclic) bond motifs is 1. The first-order valence-corrected chi connectivity index (χ1v) is 7.93. The molecule has 3 aromatic rings. The number of ether oxygens (including phenoxy) is 1. The molecule has 1 atom stereocenters. The van der Waals surface area contributed by atoms with E-state index in [9.17, 15) is 0 Å². The molecule has 0 aliphatic carbocycles. The van der Waals surface area contributed by atoms with Crippen LogP contribution in [0.4, 0.5) is 0 Å². The predicted octanol–water partition coefficient (Wildman–Crippen LogP) is 0.762. The zero-order valence-corrected chi connectivity index (χ0v) is 13.5. The van der Waals surface area contributed by atoms with Crippen LogP contribution in [0.15, 0.2) is 36.8 Å². The molecule has 0 saturated heterocycles. The van der Waals surface area contributed by atoms with Crippen LogP contribution in [-0.2, 0) is 31.5 Å². The van der Waals surface area contributed by atoms with Gasteiger partial charge >= 0.3 is 0 Å². The van der Waals surface area contributed by atoms with Gasteiger partial charge in [0.05, 0.1) is 36.8 Å². The van der Waals surface area contributed by atoms with Gasteiger partial charge < -0.3 is 10.1 Å². The van der Waals surface area contributed by atoms with E-state index in [0.29, 0.717) is 13.2 Å². The summed E-state index contributed by atoms with van der Waals surface area (Å²) in [4.78, 5) is 4.30. The monoisotopic (exact) mass is 325 g/mol. The maximum absolute atomic E-state index is 5.96. The summed E-state index contributed by atoms with van der Waals surface area (Å²) in [6.45, 7) is 2.68. The number of hydrogen-bond donors (Lipinski definition) is 1. The lowest BCUT2D eigenvalue weighted by Crippen LogP contribution is -2.36. The second-order valence-electron chi connectivity index (χ2n) is 5.85. The Morgan fingerprint density at radius 1 is 1.38 bits per heavy atom. The third kappa shape index (κ3) is 3.06. The van der Waals surface area contributed by atoms with Crippen LogP contribution in [0.1, 0.15) is 11.4 Å². The van der Waals surface area contributed by atoms with Crippen molar-refractivity contribution in [2.24, 2.45) is 7.05 Å². The van der Waals surface area contributed by atoms with Crippen LogP contribution in [0.2, 0.25) is 0 Å². The molecule has 0 saturated carbocycles. The van der Waals surface area contributed by atoms with Crippen molar-refractivity contribution in [2.75, 3.05) is 6.54 Å². The molecule has 0 aromatic carbocycles. The molecule has 1 aliphatic heterocycles. The molecule has 8 heteroatoms. The van der Waals surface area contributed by atoms with Crippen molar-refractivity contribution in [2.45, 2.75) is 25.8 Å². The van der Waals surface area contributed by atoms with E-state index >= 15 is 0 Å². The van der Waals surface area contributed by atoms with Gasteiger partial charge in [0.15, 0.2) is 0 Å². The van der Waals surface area contributed by atoms with Gasteiger partial charge in [0.1, 0.15) is 5.69 Å². The zero-order chi connectivity index (χ0) is 16.4. The van der Waals surface area contributed by atoms with Gasteiger partial charge in [0, 0.05) is 38.1 Å². The van der Waals surface area contributed by atoms with Crippen molar-refractivity contribution in [1.82, 2.24) is 35.1 Å². The molecule has 0 spiro atoms. The number of hydrogen-bond acceptors (Lipinski definition) is 6. The molecule has 0 amide bonds. The van der Waals surface area contributed by atoms with Crippen molar-refractivity contribution in [1.29, 1.82) is 0 Å². The Labute approximate surface area is 139 Å². The normalized spacial score (nSPS) is 17.0. The van der Waals surface area contributed by atoms with E-state index in [-0.39, 0.29) is 6.10 Å². The maximum atomic E-state index is 5.96. The molecule has 0 radical (unpaired) electrons. The second kappa shape index (κ2) is 6.50. The number of rotatable bonds is 5. The highest BCUT2D eigenvalue weighted by molar-refractivity contribution is 5.59. The van der Waals surface area contributed by atoms with Gasteiger partial charge in [-0.15, -0.1) is 5.10 Å². The van der Waals surface area contributed by atoms with E-state index in [1.165, 1.54) is 0 Å². The molecule has 8 nitrogen and oxygen atoms in total. The highest BCUT2D eigenvalue weighted by atomic mass is 16.5. The maximum Gasteiger partial charge on any atom is 0.121 e. The number of aromatic nitrogens is 6. The average Bonchev–Trinajstić information content (AvgIpc) is 3.21. The van der Waals surface area contributed by atoms with E-state index in [0.717, 1.165) is 35.7 Å². The first-order chi connectivity index (χ1) is 11.8. The van der Waals surface area contributed by atoms with Gasteiger partial charge in [0.2, 0.25) is 0 Å². The smallest absolute Gasteiger partial charge is 0.121 e. The summed E-state index contributed by atoms with van der Waals surface area (Å²) in [7, 11) is 1.89. The molecule has 4 rings (SSSR count). The molecule has 4 heterocycles. The molecule has 124 valence electrons. The number of aryl methyl sites for hydroxylation is 1. The fourth-order valence-corrected chi connectivity index (χ4v) is 2.82. The summed E-state index contributed by atoms with van der Waals surface area (Å²) < 4.78 is 9.65. The average molecular weight is 325 g/mol. The highest BCUT2D eigenvalue weighted by Crippen LogP contribution is 2.24. The molecular formula is C16H19N7O. The topological polar surface area (TPSA) is 82.7 Å². The van der Waals surface area contributed by atoms with Crippen LogP contribution in [0.3, 0.4) is 0 Å². The Morgan fingerprint density at radius 2 is 2.33 bits per heavy atom. The number of nitrogens with one attached hydrogen (secondary N) is 1. The molecule has 0 bridgehead atoms. The van der Waals surface area contributed by atoms with Gasteiger partial charge in [-0.05, 0) is 12.1 Å². The van der Waals surface area contributed by atoms with Crippen molar-refractivity contribution >= 4 is 0 Å². The Bertz CT molecular complexity index is 811. The Balaban J connectivity index is 1.37. The Morgan fingerprint density at radius 3 is 3.12 bits per heavy atom. The van der Waals surface area contributed by atoms with Gasteiger partial charge in [-0.3, -0.25) is 9.67 Å². The minimum absolute atomic E-state index is 0.0738. The Hall–Kier alpha value is -2.58. The van der Waals surface area contributed by atoms with Crippen LogP contribution in [-0.4, -0.2) is 42.4 Å². The third-order valence-electron chi connectivity index (χ3n) is 4.05. The fraction of sp³-hybridized carbons (Fsp3) is 0.375. The van der Waals surface area contributed by atoms with E-state index < -0.39 is 0 Å². The molecule has 0 fully saturated rings. The molecule has 1 aliphatic rings. The third-order valence-corrected chi connectivity index (χ3v) is 4.05. The van der Waals surface area contributed by atoms with Crippen molar-refractivity contribution < 1.29 is 4.74 Å². The lowest BCUT2D eigenvalue weighted by molar-refractivity contribution is 0.00121. The van der Waals surface area contributed by atoms with Crippen molar-refractivity contribution in [3.63, 3.8) is 0 Å². The lowest BCUT2D eigenvalue weighted by atomic mass is 10.2. The standard InChI is InChI=1S/C16H19N7O/c1-22-9-12(6-19-22)16-15-11-24-14(10-23(15)21-20-16)8-17-7-13-4-2-3-5-18-13/h2-6,9,14,17H,7-8,10-11H2,1H3/t14-/m1/s1. The first-order valence-electron chi connectivity index (χ1n) is 7.93. The quantitative estimate of drug-likeness (QED) is 0.746. The molecule has 1 N–H and O–H groups in total. The fourth-order valence-electron chi connectivity index (χ4n) is 2.82. The van der Waals surface area contributed by atoms with Crippen LogP contribution >= 0.6 is 0 Å². The Kier molecular flexibility index (Phi) is 4.06. The van der Waals surface area contributed by atoms with Gasteiger partial charge in [-0.25, -0.2) is 4.68 Å². The van der Waals surface area contributed by atoms with Crippen LogP contribution < -0.4 is 5.32 Å². The van der Waals surface area contributed by atoms with Crippen molar-refractivity contribution in [3.05, 3.63) is 48.2 Å². The summed E-state index contributed by atoms with van der Waals surface area (Å²) >= 11 is 0. The van der Waals surface area contributed by atoms with E-state index in [2.05, 4.69) is 25.7 Å². The minimum Gasteiger partial charge on any atom is -0.369 e. The van der Waals surface area contributed by atoms with E-state index in [1.807, 2.05) is 36.1 Å². The summed E-state index contributed by atoms with van der Waals surface area (Å²) in [6, 6.07) is 5.91. The van der Waals surface area contributed by atoms with Crippen molar-refractivity contribution in [3.8, 4) is 11.3 Å². The van der Waals surface area contributed by atoms with Crippen LogP contribution in [0, 0.1) is 0 Å². The number of pyridine rings is 1. The SMILES string of the molecule is Cn1cc(-c2nnn3c2CO[C@H](CNCc2ccccn2)C3)cn1. The highest BCUT2D eigenvalue weighted by Gasteiger charge is 2.24. The molecule has 0 unspecified atom stereocenters. The summed E-state index contributed by atoms with van der Waals surface area (Å²) in [5, 5.41) is 16.1. The van der Waals surface area contributed by atoms with Gasteiger partial charge in [-0.2, -0.15) is 5.10 Å². The van der Waals surface area contributed by atoms with E-state index in [1.54, 1.807) is 17.1 Å². The van der Waals surface area contributed by atoms with Crippen LogP contribution in [0.25, 0.3) is 11.3 Å².